The zero-order chi connectivity index (χ0) is 69.9. The predicted octanol–water partition coefficient (Wildman–Crippen LogP) is 24.0. The van der Waals surface area contributed by atoms with Crippen molar-refractivity contribution in [3.63, 3.8) is 0 Å². The highest BCUT2D eigenvalue weighted by molar-refractivity contribution is 7.00. The van der Waals surface area contributed by atoms with E-state index in [4.69, 9.17) is 0 Å². The zero-order valence-electron chi connectivity index (χ0n) is 59.4. The standard InChI is InChI=1S/C101H76BN3/c1-101(2,3)76-50-47-66(48-51-76)59-67-60-96-100-97(61-67)104(58-56-83-80(70-29-12-6-13-30-70)40-24-41-81(83)71-31-14-7-15-32-71)95-65-77(105-92-45-18-16-36-84(92)85-37-17-19-46-93(85)105)52-54-91(95)102(100)90-53-49-73(75-62-74-35-22-43-87-86-42-20-33-72-34-21-44-88(98(72)86)89(63-75)99(74)87)64-94(90)103(96)57-55-82-78(68-25-8-4-9-26-68)38-23-39-79(82)69-27-10-5-11-28-69/h4-54,60-65H,55-59H2,1-3H3. The van der Waals surface area contributed by atoms with Gasteiger partial charge in [-0.1, -0.05) is 312 Å². The van der Waals surface area contributed by atoms with E-state index in [9.17, 15) is 0 Å². The molecule has 20 rings (SSSR count). The summed E-state index contributed by atoms with van der Waals surface area (Å²) in [7, 11) is 0. The fourth-order valence-corrected chi connectivity index (χ4v) is 18.2. The predicted molar refractivity (Wildman–Crippen MR) is 449 cm³/mol. The van der Waals surface area contributed by atoms with Crippen molar-refractivity contribution in [1.29, 1.82) is 0 Å². The van der Waals surface area contributed by atoms with Gasteiger partial charge in [0.15, 0.2) is 0 Å². The first-order chi connectivity index (χ1) is 51.7. The highest BCUT2D eigenvalue weighted by Crippen LogP contribution is 2.47. The maximum Gasteiger partial charge on any atom is 0.252 e. The molecule has 0 unspecified atom stereocenters. The van der Waals surface area contributed by atoms with Crippen molar-refractivity contribution in [1.82, 2.24) is 4.57 Å². The van der Waals surface area contributed by atoms with Crippen LogP contribution in [0.15, 0.2) is 346 Å². The molecule has 18 aromatic rings. The van der Waals surface area contributed by atoms with Crippen LogP contribution in [-0.2, 0) is 24.7 Å². The van der Waals surface area contributed by atoms with Gasteiger partial charge in [-0.15, -0.1) is 0 Å². The molecule has 0 spiro atoms. The molecule has 0 saturated heterocycles. The van der Waals surface area contributed by atoms with Gasteiger partial charge < -0.3 is 14.4 Å². The van der Waals surface area contributed by atoms with Crippen LogP contribution in [0.1, 0.15) is 48.6 Å². The number of aromatic nitrogens is 1. The minimum absolute atomic E-state index is 0.0214. The summed E-state index contributed by atoms with van der Waals surface area (Å²) in [5.41, 5.74) is 31.5. The van der Waals surface area contributed by atoms with Crippen LogP contribution in [0, 0.1) is 0 Å². The summed E-state index contributed by atoms with van der Waals surface area (Å²) in [6.07, 6.45) is 2.33. The van der Waals surface area contributed by atoms with Gasteiger partial charge in [-0.25, -0.2) is 0 Å². The lowest BCUT2D eigenvalue weighted by atomic mass is 9.33. The molecule has 0 radical (unpaired) electrons. The molecule has 0 bridgehead atoms. The second-order valence-corrected chi connectivity index (χ2v) is 30.1. The van der Waals surface area contributed by atoms with Gasteiger partial charge in [0.2, 0.25) is 0 Å². The van der Waals surface area contributed by atoms with Crippen molar-refractivity contribution < 1.29 is 0 Å². The summed E-state index contributed by atoms with van der Waals surface area (Å²) in [5, 5.41) is 12.9. The molecular formula is C101H76BN3. The number of para-hydroxylation sites is 2. The van der Waals surface area contributed by atoms with Gasteiger partial charge in [0.25, 0.3) is 6.71 Å². The highest BCUT2D eigenvalue weighted by Gasteiger charge is 2.43. The third-order valence-corrected chi connectivity index (χ3v) is 23.0. The van der Waals surface area contributed by atoms with Gasteiger partial charge in [0.05, 0.1) is 11.0 Å². The Bertz CT molecular complexity index is 6230. The van der Waals surface area contributed by atoms with Crippen LogP contribution in [0.25, 0.3) is 126 Å². The van der Waals surface area contributed by atoms with Gasteiger partial charge in [0, 0.05) is 52.3 Å². The molecule has 0 fully saturated rings. The molecule has 0 saturated carbocycles. The van der Waals surface area contributed by atoms with E-state index in [2.05, 4.69) is 381 Å². The lowest BCUT2D eigenvalue weighted by molar-refractivity contribution is 0.590. The minimum atomic E-state index is -0.115. The van der Waals surface area contributed by atoms with Gasteiger partial charge >= 0.3 is 0 Å². The number of hydrogen-bond acceptors (Lipinski definition) is 2. The van der Waals surface area contributed by atoms with Crippen molar-refractivity contribution in [2.45, 2.75) is 45.4 Å². The Kier molecular flexibility index (Phi) is 14.9. The monoisotopic (exact) mass is 1340 g/mol. The molecule has 0 amide bonds. The summed E-state index contributed by atoms with van der Waals surface area (Å²) in [6.45, 7) is 8.28. The third-order valence-electron chi connectivity index (χ3n) is 23.0. The zero-order valence-corrected chi connectivity index (χ0v) is 59.4. The van der Waals surface area contributed by atoms with Crippen molar-refractivity contribution in [2.24, 2.45) is 0 Å². The van der Waals surface area contributed by atoms with E-state index in [1.54, 1.807) is 0 Å². The van der Waals surface area contributed by atoms with Crippen LogP contribution in [0.2, 0.25) is 0 Å². The lowest BCUT2D eigenvalue weighted by Gasteiger charge is -2.45. The number of hydrogen-bond donors (Lipinski definition) is 0. The Morgan fingerprint density at radius 3 is 1.23 bits per heavy atom. The van der Waals surface area contributed by atoms with Gasteiger partial charge in [-0.05, 0) is 222 Å². The largest absolute Gasteiger partial charge is 0.342 e. The second-order valence-electron chi connectivity index (χ2n) is 30.1. The van der Waals surface area contributed by atoms with Crippen LogP contribution in [0.4, 0.5) is 22.7 Å². The minimum Gasteiger partial charge on any atom is -0.342 e. The van der Waals surface area contributed by atoms with E-state index in [-0.39, 0.29) is 12.1 Å². The maximum atomic E-state index is 2.77. The van der Waals surface area contributed by atoms with Crippen molar-refractivity contribution in [3.8, 4) is 61.3 Å². The van der Waals surface area contributed by atoms with Gasteiger partial charge in [-0.3, -0.25) is 0 Å². The Morgan fingerprint density at radius 1 is 0.295 bits per heavy atom. The van der Waals surface area contributed by atoms with Crippen LogP contribution < -0.4 is 26.2 Å². The molecule has 0 aliphatic carbocycles. The fraction of sp³-hybridized carbons (Fsp3) is 0.0891. The molecule has 0 N–H and O–H groups in total. The summed E-state index contributed by atoms with van der Waals surface area (Å²) in [5.74, 6) is 0. The molecule has 17 aromatic carbocycles. The van der Waals surface area contributed by atoms with Gasteiger partial charge in [0.1, 0.15) is 0 Å². The van der Waals surface area contributed by atoms with E-state index >= 15 is 0 Å². The average molecular weight is 1340 g/mol. The van der Waals surface area contributed by atoms with E-state index < -0.39 is 0 Å². The van der Waals surface area contributed by atoms with Crippen molar-refractivity contribution >= 4 is 111 Å². The summed E-state index contributed by atoms with van der Waals surface area (Å²) in [6, 6.07) is 131. The Morgan fingerprint density at radius 2 is 0.724 bits per heavy atom. The molecule has 1 aromatic heterocycles. The Balaban J connectivity index is 0.849. The SMILES string of the molecule is CC(C)(C)c1ccc(Cc2cc3c4c(c2)N(CCc2c(-c5ccccc5)cccc2-c2ccccc2)c2cc(-n5c6ccccc6c6ccccc65)ccc2B4c2ccc(-c4cc5cccc6c7cccc8cccc(c(c4)c56)c87)cc2N3CCc2c(-c3ccccc3)cccc2-c2ccccc2)cc1. The molecule has 3 nitrogen and oxygen atoms in total. The molecule has 498 valence electrons. The normalized spacial score (nSPS) is 12.7. The number of benzene rings is 17. The van der Waals surface area contributed by atoms with Crippen molar-refractivity contribution in [2.75, 3.05) is 22.9 Å². The maximum absolute atomic E-state index is 2.77. The average Bonchev–Trinajstić information content (AvgIpc) is 0.822. The first kappa shape index (κ1) is 62.3. The Hall–Kier alpha value is -12.5. The number of nitrogens with zero attached hydrogens (tertiary/aromatic N) is 3. The summed E-state index contributed by atoms with van der Waals surface area (Å²) >= 11 is 0. The lowest BCUT2D eigenvalue weighted by Crippen LogP contribution is -2.62. The quantitative estimate of drug-likeness (QED) is 0.0611. The molecule has 3 heterocycles. The van der Waals surface area contributed by atoms with Gasteiger partial charge in [-0.2, -0.15) is 0 Å². The van der Waals surface area contributed by atoms with Crippen LogP contribution in [-0.4, -0.2) is 24.4 Å². The topological polar surface area (TPSA) is 11.4 Å². The van der Waals surface area contributed by atoms with Crippen molar-refractivity contribution in [3.05, 3.63) is 374 Å². The van der Waals surface area contributed by atoms with E-state index in [1.165, 1.54) is 187 Å². The first-order valence-electron chi connectivity index (χ1n) is 37.4. The van der Waals surface area contributed by atoms with Crippen LogP contribution in [0.3, 0.4) is 0 Å². The third kappa shape index (κ3) is 10.6. The molecule has 105 heavy (non-hydrogen) atoms. The number of fused-ring (bicyclic) bond motifs is 9. The highest BCUT2D eigenvalue weighted by atomic mass is 15.2. The summed E-state index contributed by atoms with van der Waals surface area (Å²) in [4.78, 5) is 5.53. The van der Waals surface area contributed by atoms with E-state index in [0.29, 0.717) is 0 Å². The van der Waals surface area contributed by atoms with E-state index in [1.807, 2.05) is 0 Å². The molecule has 2 aliphatic rings. The molecule has 2 aliphatic heterocycles. The molecular weight excluding hydrogens is 1270 g/mol. The molecule has 0 atom stereocenters. The second kappa shape index (κ2) is 25.2. The number of anilines is 4. The first-order valence-corrected chi connectivity index (χ1v) is 37.4. The van der Waals surface area contributed by atoms with Crippen LogP contribution in [0.5, 0.6) is 0 Å². The fourth-order valence-electron chi connectivity index (χ4n) is 18.2. The van der Waals surface area contributed by atoms with Crippen LogP contribution >= 0.6 is 0 Å². The molecule has 4 heteroatoms. The smallest absolute Gasteiger partial charge is 0.252 e. The van der Waals surface area contributed by atoms with E-state index in [0.717, 1.165) is 38.0 Å². The number of rotatable bonds is 14. The summed E-state index contributed by atoms with van der Waals surface area (Å²) < 4.78 is 2.51. The Labute approximate surface area is 614 Å².